The fourth-order valence-electron chi connectivity index (χ4n) is 5.97. The van der Waals surface area contributed by atoms with Crippen LogP contribution in [0.3, 0.4) is 0 Å². The van der Waals surface area contributed by atoms with Crippen LogP contribution >= 0.6 is 11.6 Å². The van der Waals surface area contributed by atoms with Crippen molar-refractivity contribution in [2.24, 2.45) is 0 Å². The van der Waals surface area contributed by atoms with E-state index in [1.807, 2.05) is 48.5 Å². The van der Waals surface area contributed by atoms with Crippen molar-refractivity contribution in [3.8, 4) is 11.5 Å². The predicted molar refractivity (Wildman–Crippen MR) is 181 cm³/mol. The summed E-state index contributed by atoms with van der Waals surface area (Å²) in [6, 6.07) is 15.4. The van der Waals surface area contributed by atoms with E-state index in [2.05, 4.69) is 24.8 Å². The molecule has 1 aromatic heterocycles. The Morgan fingerprint density at radius 1 is 0.833 bits per heavy atom. The summed E-state index contributed by atoms with van der Waals surface area (Å²) < 4.78 is 21.1. The van der Waals surface area contributed by atoms with Gasteiger partial charge >= 0.3 is 11.9 Å². The zero-order chi connectivity index (χ0) is 34.5. The summed E-state index contributed by atoms with van der Waals surface area (Å²) in [6.45, 7) is 3.37. The van der Waals surface area contributed by atoms with Gasteiger partial charge in [-0.2, -0.15) is 0 Å². The molecule has 1 saturated heterocycles. The molecule has 4 rings (SSSR count). The van der Waals surface area contributed by atoms with Crippen molar-refractivity contribution >= 4 is 41.1 Å². The van der Waals surface area contributed by atoms with Gasteiger partial charge in [0, 0.05) is 12.8 Å². The Bertz CT molecular complexity index is 1470. The first-order valence-corrected chi connectivity index (χ1v) is 16.3. The number of piperidine rings is 1. The van der Waals surface area contributed by atoms with E-state index in [0.717, 1.165) is 69.2 Å². The van der Waals surface area contributed by atoms with Crippen LogP contribution in [0.4, 0.5) is 11.6 Å². The zero-order valence-electron chi connectivity index (χ0n) is 27.4. The van der Waals surface area contributed by atoms with E-state index in [0.29, 0.717) is 11.5 Å². The Morgan fingerprint density at radius 3 is 1.85 bits per heavy atom. The Kier molecular flexibility index (Phi) is 13.2. The number of aryl methyl sites for hydroxylation is 2. The van der Waals surface area contributed by atoms with Crippen molar-refractivity contribution in [1.29, 1.82) is 0 Å². The van der Waals surface area contributed by atoms with E-state index in [4.69, 9.17) is 32.5 Å². The number of nitrogens with two attached hydrogens (primary N) is 2. The number of likely N-dealkylation sites (tertiary alicyclic amines) is 1. The highest BCUT2D eigenvalue weighted by Gasteiger charge is 2.35. The molecule has 0 aliphatic carbocycles. The van der Waals surface area contributed by atoms with Crippen LogP contribution in [0.2, 0.25) is 5.15 Å². The third-order valence-corrected chi connectivity index (χ3v) is 8.74. The molecule has 0 spiro atoms. The van der Waals surface area contributed by atoms with Crippen molar-refractivity contribution in [1.82, 2.24) is 15.3 Å². The van der Waals surface area contributed by atoms with Crippen LogP contribution in [-0.4, -0.2) is 92.0 Å². The minimum atomic E-state index is -0.431. The second-order valence-electron chi connectivity index (χ2n) is 11.9. The first-order chi connectivity index (χ1) is 23.1. The molecule has 1 aliphatic rings. The lowest BCUT2D eigenvalue weighted by Gasteiger charge is -2.45. The first-order valence-electron chi connectivity index (χ1n) is 15.9. The van der Waals surface area contributed by atoms with Gasteiger partial charge in [0.15, 0.2) is 35.7 Å². The number of quaternary nitrogens is 1. The summed E-state index contributed by atoms with van der Waals surface area (Å²) in [5, 5.41) is 3.06. The van der Waals surface area contributed by atoms with Gasteiger partial charge in [-0.15, -0.1) is 0 Å². The molecule has 0 unspecified atom stereocenters. The number of nitrogens with one attached hydrogen (secondary N) is 1. The number of carbonyl (C=O) groups is 3. The summed E-state index contributed by atoms with van der Waals surface area (Å²) in [6.07, 6.45) is 5.42. The summed E-state index contributed by atoms with van der Waals surface area (Å²) in [5.41, 5.74) is 14.0. The molecule has 1 aliphatic heterocycles. The van der Waals surface area contributed by atoms with Crippen molar-refractivity contribution in [3.05, 3.63) is 70.5 Å². The van der Waals surface area contributed by atoms with E-state index in [1.54, 1.807) is 0 Å². The maximum absolute atomic E-state index is 13.2. The third kappa shape index (κ3) is 10.7. The average molecular weight is 684 g/mol. The van der Waals surface area contributed by atoms with Crippen LogP contribution in [0.1, 0.15) is 47.3 Å². The second-order valence-corrected chi connectivity index (χ2v) is 12.2. The number of halogens is 1. The Hall–Kier alpha value is -4.62. The normalized spacial score (nSPS) is 15.3. The molecule has 1 atom stereocenters. The molecule has 48 heavy (non-hydrogen) atoms. The van der Waals surface area contributed by atoms with Gasteiger partial charge in [-0.25, -0.2) is 19.6 Å². The van der Waals surface area contributed by atoms with Gasteiger partial charge < -0.3 is 40.2 Å². The van der Waals surface area contributed by atoms with Gasteiger partial charge in [0.25, 0.3) is 5.91 Å². The van der Waals surface area contributed by atoms with Crippen LogP contribution in [-0.2, 0) is 31.9 Å². The third-order valence-electron chi connectivity index (χ3n) is 8.46. The summed E-state index contributed by atoms with van der Waals surface area (Å²) in [5.74, 6) is -0.147. The highest BCUT2D eigenvalue weighted by molar-refractivity contribution is 6.31. The SMILES string of the molecule is COC(=O)COc1ccc(CCC[N+]2(CCCc3ccc(OCC(=O)OC)cc3)CCC[C@H](NC(=O)c3nc(Cl)c(N)nc3N)C2)cc1. The second kappa shape index (κ2) is 17.5. The fraction of sp³-hybridized carbons (Fsp3) is 0.441. The van der Waals surface area contributed by atoms with Crippen molar-refractivity contribution in [3.63, 3.8) is 0 Å². The monoisotopic (exact) mass is 683 g/mol. The van der Waals surface area contributed by atoms with Gasteiger partial charge in [-0.3, -0.25) is 4.79 Å². The van der Waals surface area contributed by atoms with E-state index >= 15 is 0 Å². The maximum Gasteiger partial charge on any atom is 0.343 e. The first kappa shape index (κ1) is 36.2. The number of ether oxygens (including phenoxy) is 4. The molecule has 0 saturated carbocycles. The van der Waals surface area contributed by atoms with Crippen molar-refractivity contribution in [2.75, 3.05) is 65.1 Å². The van der Waals surface area contributed by atoms with Crippen molar-refractivity contribution < 1.29 is 37.8 Å². The van der Waals surface area contributed by atoms with Crippen LogP contribution in [0, 0.1) is 0 Å². The summed E-state index contributed by atoms with van der Waals surface area (Å²) >= 11 is 6.03. The van der Waals surface area contributed by atoms with Gasteiger partial charge in [-0.1, -0.05) is 35.9 Å². The van der Waals surface area contributed by atoms with Gasteiger partial charge in [0.1, 0.15) is 11.5 Å². The molecular formula is C34H44ClN6O7+. The quantitative estimate of drug-likeness (QED) is 0.149. The molecular weight excluding hydrogens is 640 g/mol. The predicted octanol–water partition coefficient (Wildman–Crippen LogP) is 3.37. The summed E-state index contributed by atoms with van der Waals surface area (Å²) in [7, 11) is 2.65. The molecule has 2 aromatic carbocycles. The largest absolute Gasteiger partial charge is 0.482 e. The molecule has 14 heteroatoms. The lowest BCUT2D eigenvalue weighted by molar-refractivity contribution is -0.933. The standard InChI is InChI=1S/C34H43ClN6O7/c1-45-28(42)21-47-26-13-9-23(10-14-26)6-3-17-41(18-4-7-24-11-15-27(16-12-24)48-22-29(43)46-2)19-5-8-25(20-41)38-34(44)30-32(36)40-33(37)31(35)39-30/h9-16,25H,3-8,17-22H2,1-2H3,(H4-,36,37,38,40,44)/p+1/t25-/m0/s1. The number of rotatable bonds is 16. The van der Waals surface area contributed by atoms with Gasteiger partial charge in [0.05, 0.1) is 46.4 Å². The van der Waals surface area contributed by atoms with Gasteiger partial charge in [-0.05, 0) is 61.1 Å². The fourth-order valence-corrected chi connectivity index (χ4v) is 6.09. The van der Waals surface area contributed by atoms with Crippen LogP contribution in [0.5, 0.6) is 11.5 Å². The van der Waals surface area contributed by atoms with E-state index in [1.165, 1.54) is 25.3 Å². The van der Waals surface area contributed by atoms with Crippen molar-refractivity contribution in [2.45, 2.75) is 44.6 Å². The number of methoxy groups -OCH3 is 2. The van der Waals surface area contributed by atoms with E-state index in [9.17, 15) is 14.4 Å². The highest BCUT2D eigenvalue weighted by atomic mass is 35.5. The highest BCUT2D eigenvalue weighted by Crippen LogP contribution is 2.25. The molecule has 2 heterocycles. The molecule has 13 nitrogen and oxygen atoms in total. The molecule has 1 amide bonds. The minimum Gasteiger partial charge on any atom is -0.482 e. The number of hydrogen-bond donors (Lipinski definition) is 3. The number of aromatic nitrogens is 2. The topological polar surface area (TPSA) is 178 Å². The number of nitrogens with zero attached hydrogens (tertiary/aromatic N) is 3. The van der Waals surface area contributed by atoms with E-state index in [-0.39, 0.29) is 41.7 Å². The Morgan fingerprint density at radius 2 is 1.35 bits per heavy atom. The number of benzene rings is 2. The van der Waals surface area contributed by atoms with Crippen LogP contribution in [0.15, 0.2) is 48.5 Å². The molecule has 5 N–H and O–H groups in total. The molecule has 0 bridgehead atoms. The maximum atomic E-state index is 13.2. The molecule has 258 valence electrons. The summed E-state index contributed by atoms with van der Waals surface area (Å²) in [4.78, 5) is 44.0. The van der Waals surface area contributed by atoms with E-state index < -0.39 is 17.8 Å². The number of carbonyl (C=O) groups excluding carboxylic acids is 3. The van der Waals surface area contributed by atoms with Crippen LogP contribution in [0.25, 0.3) is 0 Å². The zero-order valence-corrected chi connectivity index (χ0v) is 28.2. The van der Waals surface area contributed by atoms with Gasteiger partial charge in [0.2, 0.25) is 0 Å². The molecule has 1 fully saturated rings. The molecule has 0 radical (unpaired) electrons. The number of amides is 1. The Labute approximate surface area is 285 Å². The average Bonchev–Trinajstić information content (AvgIpc) is 3.09. The molecule has 3 aromatic rings. The Balaban J connectivity index is 1.39. The smallest absolute Gasteiger partial charge is 0.343 e. The minimum absolute atomic E-state index is 0.0224. The van der Waals surface area contributed by atoms with Crippen LogP contribution < -0.4 is 26.3 Å². The number of anilines is 2. The lowest BCUT2D eigenvalue weighted by atomic mass is 9.99. The number of esters is 2. The number of nitrogen functional groups attached to an aromatic ring is 2. The lowest BCUT2D eigenvalue weighted by Crippen LogP contribution is -2.60. The number of hydrogen-bond acceptors (Lipinski definition) is 11.